The van der Waals surface area contributed by atoms with Crippen molar-refractivity contribution in [1.82, 2.24) is 10.2 Å². The first kappa shape index (κ1) is 15.3. The van der Waals surface area contributed by atoms with Crippen LogP contribution in [-0.2, 0) is 0 Å². The smallest absolute Gasteiger partial charge is 0.0546 e. The summed E-state index contributed by atoms with van der Waals surface area (Å²) >= 11 is 0. The van der Waals surface area contributed by atoms with Crippen molar-refractivity contribution in [2.24, 2.45) is 11.3 Å². The number of hydrogen-bond acceptors (Lipinski definition) is 3. The highest BCUT2D eigenvalue weighted by atomic mass is 16.3. The highest BCUT2D eigenvalue weighted by Crippen LogP contribution is 2.39. The molecule has 0 unspecified atom stereocenters. The third-order valence-electron chi connectivity index (χ3n) is 4.94. The molecular formula is C16H32N2O. The molecule has 2 aliphatic rings. The van der Waals surface area contributed by atoms with E-state index in [0.717, 1.165) is 18.8 Å². The molecule has 3 heteroatoms. The molecule has 0 saturated heterocycles. The maximum atomic E-state index is 9.38. The minimum Gasteiger partial charge on any atom is -0.393 e. The Morgan fingerprint density at radius 1 is 1.26 bits per heavy atom. The molecule has 2 fully saturated rings. The van der Waals surface area contributed by atoms with Gasteiger partial charge in [-0.3, -0.25) is 0 Å². The Hall–Kier alpha value is -0.120. The van der Waals surface area contributed by atoms with Crippen molar-refractivity contribution in [2.75, 3.05) is 26.7 Å². The van der Waals surface area contributed by atoms with Crippen LogP contribution in [0.15, 0.2) is 0 Å². The maximum Gasteiger partial charge on any atom is 0.0546 e. The summed E-state index contributed by atoms with van der Waals surface area (Å²) in [5.41, 5.74) is 0.501. The van der Waals surface area contributed by atoms with E-state index in [0.29, 0.717) is 11.5 Å². The molecule has 2 rings (SSSR count). The minimum absolute atomic E-state index is 0.0125. The first-order valence-electron chi connectivity index (χ1n) is 8.09. The predicted molar refractivity (Wildman–Crippen MR) is 80.3 cm³/mol. The number of rotatable bonds is 7. The van der Waals surface area contributed by atoms with Gasteiger partial charge in [0, 0.05) is 25.7 Å². The molecule has 2 saturated carbocycles. The standard InChI is InChI=1S/C16H32N2O/c1-13(2)17-11-16(6-4-5-7-16)12-18(3)10-14-8-15(19)9-14/h13-15,17,19H,4-12H2,1-3H3. The van der Waals surface area contributed by atoms with Crippen molar-refractivity contribution in [3.63, 3.8) is 0 Å². The van der Waals surface area contributed by atoms with Gasteiger partial charge in [-0.25, -0.2) is 0 Å². The first-order chi connectivity index (χ1) is 8.99. The highest BCUT2D eigenvalue weighted by molar-refractivity contribution is 4.90. The van der Waals surface area contributed by atoms with Gasteiger partial charge in [0.25, 0.3) is 0 Å². The quantitative estimate of drug-likeness (QED) is 0.743. The lowest BCUT2D eigenvalue weighted by molar-refractivity contribution is 0.0217. The Balaban J connectivity index is 1.78. The van der Waals surface area contributed by atoms with E-state index in [1.807, 2.05) is 0 Å². The number of nitrogens with zero attached hydrogens (tertiary/aromatic N) is 1. The maximum absolute atomic E-state index is 9.38. The normalized spacial score (nSPS) is 30.0. The van der Waals surface area contributed by atoms with E-state index < -0.39 is 0 Å². The van der Waals surface area contributed by atoms with E-state index >= 15 is 0 Å². The van der Waals surface area contributed by atoms with Gasteiger partial charge < -0.3 is 15.3 Å². The fourth-order valence-corrected chi connectivity index (χ4v) is 3.86. The average Bonchev–Trinajstić information content (AvgIpc) is 2.73. The first-order valence-corrected chi connectivity index (χ1v) is 8.09. The second-order valence-corrected chi connectivity index (χ2v) is 7.43. The van der Waals surface area contributed by atoms with Gasteiger partial charge in [0.05, 0.1) is 6.10 Å². The lowest BCUT2D eigenvalue weighted by Crippen LogP contribution is -2.45. The molecule has 0 heterocycles. The third-order valence-corrected chi connectivity index (χ3v) is 4.94. The topological polar surface area (TPSA) is 35.5 Å². The highest BCUT2D eigenvalue weighted by Gasteiger charge is 2.36. The molecule has 0 aromatic carbocycles. The van der Waals surface area contributed by atoms with Gasteiger partial charge in [-0.05, 0) is 44.1 Å². The van der Waals surface area contributed by atoms with Crippen molar-refractivity contribution in [3.8, 4) is 0 Å². The summed E-state index contributed by atoms with van der Waals surface area (Å²) in [6.45, 7) is 8.03. The number of aliphatic hydroxyl groups is 1. The molecule has 2 aliphatic carbocycles. The Bertz CT molecular complexity index is 268. The minimum atomic E-state index is -0.0125. The Morgan fingerprint density at radius 2 is 1.89 bits per heavy atom. The van der Waals surface area contributed by atoms with E-state index in [2.05, 4.69) is 31.1 Å². The summed E-state index contributed by atoms with van der Waals surface area (Å²) < 4.78 is 0. The zero-order valence-electron chi connectivity index (χ0n) is 13.0. The average molecular weight is 268 g/mol. The summed E-state index contributed by atoms with van der Waals surface area (Å²) in [7, 11) is 2.26. The molecular weight excluding hydrogens is 236 g/mol. The van der Waals surface area contributed by atoms with Crippen molar-refractivity contribution < 1.29 is 5.11 Å². The van der Waals surface area contributed by atoms with Crippen molar-refractivity contribution in [2.45, 2.75) is 64.5 Å². The molecule has 0 radical (unpaired) electrons. The molecule has 0 aromatic rings. The van der Waals surface area contributed by atoms with Crippen LogP contribution in [-0.4, -0.2) is 48.8 Å². The van der Waals surface area contributed by atoms with Crippen LogP contribution in [0.4, 0.5) is 0 Å². The van der Waals surface area contributed by atoms with Crippen molar-refractivity contribution in [1.29, 1.82) is 0 Å². The van der Waals surface area contributed by atoms with Gasteiger partial charge in [-0.2, -0.15) is 0 Å². The van der Waals surface area contributed by atoms with Crippen LogP contribution in [0.3, 0.4) is 0 Å². The molecule has 3 nitrogen and oxygen atoms in total. The predicted octanol–water partition coefficient (Wildman–Crippen LogP) is 2.25. The molecule has 0 aromatic heterocycles. The number of nitrogens with one attached hydrogen (secondary N) is 1. The van der Waals surface area contributed by atoms with Crippen LogP contribution in [0, 0.1) is 11.3 Å². The fraction of sp³-hybridized carbons (Fsp3) is 1.00. The van der Waals surface area contributed by atoms with Crippen LogP contribution in [0.2, 0.25) is 0 Å². The molecule has 0 atom stereocenters. The second kappa shape index (κ2) is 6.55. The van der Waals surface area contributed by atoms with Gasteiger partial charge in [0.1, 0.15) is 0 Å². The van der Waals surface area contributed by atoms with Crippen LogP contribution in [0.25, 0.3) is 0 Å². The fourth-order valence-electron chi connectivity index (χ4n) is 3.86. The molecule has 2 N–H and O–H groups in total. The zero-order valence-corrected chi connectivity index (χ0v) is 13.0. The summed E-state index contributed by atoms with van der Waals surface area (Å²) in [6, 6.07) is 0.588. The van der Waals surface area contributed by atoms with E-state index in [1.165, 1.54) is 45.3 Å². The van der Waals surface area contributed by atoms with Crippen LogP contribution >= 0.6 is 0 Å². The molecule has 19 heavy (non-hydrogen) atoms. The SMILES string of the molecule is CC(C)NCC1(CN(C)CC2CC(O)C2)CCCC1. The van der Waals surface area contributed by atoms with Crippen LogP contribution in [0.5, 0.6) is 0 Å². The van der Waals surface area contributed by atoms with E-state index in [4.69, 9.17) is 0 Å². The summed E-state index contributed by atoms with van der Waals surface area (Å²) in [5.74, 6) is 0.733. The zero-order chi connectivity index (χ0) is 13.9. The lowest BCUT2D eigenvalue weighted by Gasteiger charge is -2.39. The Labute approximate surface area is 118 Å². The molecule has 0 bridgehead atoms. The molecule has 0 aliphatic heterocycles. The third kappa shape index (κ3) is 4.44. The van der Waals surface area contributed by atoms with Crippen LogP contribution in [0.1, 0.15) is 52.4 Å². The number of aliphatic hydroxyl groups excluding tert-OH is 1. The summed E-state index contributed by atoms with van der Waals surface area (Å²) in [6.07, 6.45) is 7.57. The Morgan fingerprint density at radius 3 is 2.42 bits per heavy atom. The largest absolute Gasteiger partial charge is 0.393 e. The van der Waals surface area contributed by atoms with Crippen molar-refractivity contribution in [3.05, 3.63) is 0 Å². The van der Waals surface area contributed by atoms with Crippen LogP contribution < -0.4 is 5.32 Å². The van der Waals surface area contributed by atoms with E-state index in [-0.39, 0.29) is 6.10 Å². The van der Waals surface area contributed by atoms with E-state index in [9.17, 15) is 5.11 Å². The second-order valence-electron chi connectivity index (χ2n) is 7.43. The van der Waals surface area contributed by atoms with Crippen molar-refractivity contribution >= 4 is 0 Å². The molecule has 0 amide bonds. The van der Waals surface area contributed by atoms with Gasteiger partial charge in [-0.1, -0.05) is 26.7 Å². The van der Waals surface area contributed by atoms with Gasteiger partial charge in [-0.15, -0.1) is 0 Å². The van der Waals surface area contributed by atoms with Gasteiger partial charge >= 0.3 is 0 Å². The Kier molecular flexibility index (Phi) is 5.27. The number of hydrogen-bond donors (Lipinski definition) is 2. The van der Waals surface area contributed by atoms with Gasteiger partial charge in [0.2, 0.25) is 0 Å². The molecule has 112 valence electrons. The molecule has 0 spiro atoms. The van der Waals surface area contributed by atoms with E-state index in [1.54, 1.807) is 0 Å². The monoisotopic (exact) mass is 268 g/mol. The van der Waals surface area contributed by atoms with Gasteiger partial charge in [0.15, 0.2) is 0 Å². The lowest BCUT2D eigenvalue weighted by atomic mass is 9.81. The summed E-state index contributed by atoms with van der Waals surface area (Å²) in [4.78, 5) is 2.52. The summed E-state index contributed by atoms with van der Waals surface area (Å²) in [5, 5.41) is 13.0.